The van der Waals surface area contributed by atoms with Crippen LogP contribution in [0.15, 0.2) is 30.5 Å². The summed E-state index contributed by atoms with van der Waals surface area (Å²) in [5, 5.41) is 0. The minimum atomic E-state index is 0.559. The van der Waals surface area contributed by atoms with Gasteiger partial charge in [0.05, 0.1) is 12.3 Å². The molecule has 1 aliphatic rings. The van der Waals surface area contributed by atoms with Gasteiger partial charge in [0.25, 0.3) is 0 Å². The number of rotatable bonds is 3. The molecule has 0 aliphatic heterocycles. The molecular weight excluding hydrogens is 200 g/mol. The molecule has 2 N–H and O–H groups in total. The molecule has 86 valence electrons. The molecular formula is C13H18N2O. The van der Waals surface area contributed by atoms with Gasteiger partial charge in [0, 0.05) is 6.20 Å². The van der Waals surface area contributed by atoms with E-state index in [0.29, 0.717) is 30.0 Å². The highest BCUT2D eigenvalue weighted by molar-refractivity contribution is 5.46. The largest absolute Gasteiger partial charge is 0.476 e. The molecule has 0 amide bonds. The van der Waals surface area contributed by atoms with Crippen LogP contribution in [0.5, 0.6) is 5.88 Å². The first kappa shape index (κ1) is 11.0. The van der Waals surface area contributed by atoms with E-state index in [4.69, 9.17) is 10.5 Å². The third-order valence-electron chi connectivity index (χ3n) is 3.15. The summed E-state index contributed by atoms with van der Waals surface area (Å²) in [6.45, 7) is 2.96. The summed E-state index contributed by atoms with van der Waals surface area (Å²) in [5.41, 5.74) is 6.38. The smallest absolute Gasteiger partial charge is 0.237 e. The number of nitrogens with zero attached hydrogens (tertiary/aromatic N) is 1. The SMILES string of the molecule is CC1CC=CCC1COc1ncccc1N. The Balaban J connectivity index is 1.92. The Kier molecular flexibility index (Phi) is 3.44. The maximum absolute atomic E-state index is 5.77. The number of anilines is 1. The van der Waals surface area contributed by atoms with Gasteiger partial charge in [0.1, 0.15) is 0 Å². The van der Waals surface area contributed by atoms with Crippen LogP contribution in [0.25, 0.3) is 0 Å². The Labute approximate surface area is 96.3 Å². The first-order valence-corrected chi connectivity index (χ1v) is 5.75. The highest BCUT2D eigenvalue weighted by atomic mass is 16.5. The third kappa shape index (κ3) is 2.54. The molecule has 3 heteroatoms. The molecule has 1 heterocycles. The van der Waals surface area contributed by atoms with Crippen LogP contribution in [0.1, 0.15) is 19.8 Å². The van der Waals surface area contributed by atoms with Crippen molar-refractivity contribution in [2.24, 2.45) is 11.8 Å². The van der Waals surface area contributed by atoms with Crippen LogP contribution in [0.4, 0.5) is 5.69 Å². The Hall–Kier alpha value is -1.51. The zero-order valence-electron chi connectivity index (χ0n) is 9.60. The fraction of sp³-hybridized carbons (Fsp3) is 0.462. The van der Waals surface area contributed by atoms with Crippen LogP contribution in [0.2, 0.25) is 0 Å². The Bertz CT molecular complexity index is 376. The van der Waals surface area contributed by atoms with E-state index < -0.39 is 0 Å². The fourth-order valence-electron chi connectivity index (χ4n) is 1.95. The minimum absolute atomic E-state index is 0.559. The lowest BCUT2D eigenvalue weighted by Crippen LogP contribution is -2.21. The van der Waals surface area contributed by atoms with Crippen LogP contribution in [0, 0.1) is 11.8 Å². The second-order valence-electron chi connectivity index (χ2n) is 4.39. The summed E-state index contributed by atoms with van der Waals surface area (Å²) in [6, 6.07) is 3.63. The molecule has 0 spiro atoms. The lowest BCUT2D eigenvalue weighted by molar-refractivity contribution is 0.193. The van der Waals surface area contributed by atoms with Gasteiger partial charge in [-0.05, 0) is 36.8 Å². The summed E-state index contributed by atoms with van der Waals surface area (Å²) in [7, 11) is 0. The molecule has 1 aromatic rings. The summed E-state index contributed by atoms with van der Waals surface area (Å²) < 4.78 is 5.68. The lowest BCUT2D eigenvalue weighted by atomic mass is 9.85. The van der Waals surface area contributed by atoms with E-state index in [1.54, 1.807) is 6.20 Å². The van der Waals surface area contributed by atoms with E-state index in [1.165, 1.54) is 0 Å². The second kappa shape index (κ2) is 5.01. The number of aromatic nitrogens is 1. The zero-order valence-corrected chi connectivity index (χ0v) is 9.60. The van der Waals surface area contributed by atoms with Crippen molar-refractivity contribution >= 4 is 5.69 Å². The zero-order chi connectivity index (χ0) is 11.4. The highest BCUT2D eigenvalue weighted by Gasteiger charge is 2.19. The van der Waals surface area contributed by atoms with Gasteiger partial charge in [-0.1, -0.05) is 19.1 Å². The van der Waals surface area contributed by atoms with Crippen molar-refractivity contribution in [2.45, 2.75) is 19.8 Å². The van der Waals surface area contributed by atoms with Crippen molar-refractivity contribution in [3.8, 4) is 5.88 Å². The summed E-state index contributed by atoms with van der Waals surface area (Å²) in [5.74, 6) is 1.81. The molecule has 0 saturated heterocycles. The summed E-state index contributed by atoms with van der Waals surface area (Å²) in [4.78, 5) is 4.12. The summed E-state index contributed by atoms with van der Waals surface area (Å²) in [6.07, 6.45) is 8.42. The Morgan fingerprint density at radius 1 is 1.44 bits per heavy atom. The third-order valence-corrected chi connectivity index (χ3v) is 3.15. The van der Waals surface area contributed by atoms with Crippen molar-refractivity contribution in [3.05, 3.63) is 30.5 Å². The van der Waals surface area contributed by atoms with Crippen molar-refractivity contribution in [1.29, 1.82) is 0 Å². The van der Waals surface area contributed by atoms with E-state index in [2.05, 4.69) is 24.1 Å². The van der Waals surface area contributed by atoms with Gasteiger partial charge in [-0.3, -0.25) is 0 Å². The molecule has 0 aromatic carbocycles. The summed E-state index contributed by atoms with van der Waals surface area (Å²) >= 11 is 0. The normalized spacial score (nSPS) is 24.3. The number of nitrogen functional groups attached to an aromatic ring is 1. The number of ether oxygens (including phenoxy) is 1. The van der Waals surface area contributed by atoms with Crippen molar-refractivity contribution < 1.29 is 4.74 Å². The first-order chi connectivity index (χ1) is 7.77. The average molecular weight is 218 g/mol. The quantitative estimate of drug-likeness (QED) is 0.793. The van der Waals surface area contributed by atoms with Gasteiger partial charge >= 0.3 is 0 Å². The van der Waals surface area contributed by atoms with Crippen LogP contribution < -0.4 is 10.5 Å². The van der Waals surface area contributed by atoms with E-state index >= 15 is 0 Å². The maximum atomic E-state index is 5.77. The number of pyridine rings is 1. The predicted octanol–water partition coefficient (Wildman–Crippen LogP) is 2.64. The monoisotopic (exact) mass is 218 g/mol. The minimum Gasteiger partial charge on any atom is -0.476 e. The van der Waals surface area contributed by atoms with Gasteiger partial charge in [-0.25, -0.2) is 4.98 Å². The first-order valence-electron chi connectivity index (χ1n) is 5.75. The number of allylic oxidation sites excluding steroid dienone is 2. The van der Waals surface area contributed by atoms with Gasteiger partial charge in [-0.2, -0.15) is 0 Å². The number of nitrogens with two attached hydrogens (primary N) is 1. The molecule has 0 saturated carbocycles. The van der Waals surface area contributed by atoms with Crippen LogP contribution >= 0.6 is 0 Å². The van der Waals surface area contributed by atoms with E-state index in [0.717, 1.165) is 12.8 Å². The molecule has 2 atom stereocenters. The molecule has 0 fully saturated rings. The predicted molar refractivity (Wildman–Crippen MR) is 65.2 cm³/mol. The standard InChI is InChI=1S/C13H18N2O/c1-10-5-2-3-6-11(10)9-16-13-12(14)7-4-8-15-13/h2-4,7-8,10-11H,5-6,9,14H2,1H3. The lowest BCUT2D eigenvalue weighted by Gasteiger charge is -2.25. The van der Waals surface area contributed by atoms with Crippen LogP contribution in [0.3, 0.4) is 0 Å². The average Bonchev–Trinajstić information content (AvgIpc) is 2.30. The molecule has 2 unspecified atom stereocenters. The van der Waals surface area contributed by atoms with Gasteiger partial charge < -0.3 is 10.5 Å². The van der Waals surface area contributed by atoms with Gasteiger partial charge in [0.2, 0.25) is 5.88 Å². The van der Waals surface area contributed by atoms with Crippen molar-refractivity contribution in [1.82, 2.24) is 4.98 Å². The van der Waals surface area contributed by atoms with E-state index in [1.807, 2.05) is 12.1 Å². The molecule has 1 aromatic heterocycles. The van der Waals surface area contributed by atoms with E-state index in [-0.39, 0.29) is 0 Å². The van der Waals surface area contributed by atoms with Crippen molar-refractivity contribution in [3.63, 3.8) is 0 Å². The highest BCUT2D eigenvalue weighted by Crippen LogP contribution is 2.26. The fourth-order valence-corrected chi connectivity index (χ4v) is 1.95. The molecule has 16 heavy (non-hydrogen) atoms. The Morgan fingerprint density at radius 3 is 3.00 bits per heavy atom. The van der Waals surface area contributed by atoms with Crippen LogP contribution in [-0.2, 0) is 0 Å². The van der Waals surface area contributed by atoms with Crippen molar-refractivity contribution in [2.75, 3.05) is 12.3 Å². The number of hydrogen-bond donors (Lipinski definition) is 1. The maximum Gasteiger partial charge on any atom is 0.237 e. The molecule has 3 nitrogen and oxygen atoms in total. The van der Waals surface area contributed by atoms with Crippen LogP contribution in [-0.4, -0.2) is 11.6 Å². The molecule has 0 radical (unpaired) electrons. The Morgan fingerprint density at radius 2 is 2.25 bits per heavy atom. The topological polar surface area (TPSA) is 48.1 Å². The number of hydrogen-bond acceptors (Lipinski definition) is 3. The molecule has 0 bridgehead atoms. The van der Waals surface area contributed by atoms with E-state index in [9.17, 15) is 0 Å². The van der Waals surface area contributed by atoms with Gasteiger partial charge in [-0.15, -0.1) is 0 Å². The van der Waals surface area contributed by atoms with Gasteiger partial charge in [0.15, 0.2) is 0 Å². The second-order valence-corrected chi connectivity index (χ2v) is 4.39. The molecule has 2 rings (SSSR count). The molecule has 1 aliphatic carbocycles.